The number of nitrogens with two attached hydrogens (primary N) is 1. The maximum atomic E-state index is 11.5. The maximum Gasteiger partial charge on any atom is 0.340 e. The molecule has 1 aliphatic heterocycles. The molecule has 0 amide bonds. The van der Waals surface area contributed by atoms with E-state index in [1.165, 1.54) is 19.4 Å². The van der Waals surface area contributed by atoms with Gasteiger partial charge in [-0.05, 0) is 26.0 Å². The second-order valence-electron chi connectivity index (χ2n) is 4.69. The summed E-state index contributed by atoms with van der Waals surface area (Å²) in [7, 11) is 3.40. The number of hydrogen-bond donors (Lipinski definition) is 1. The third-order valence-electron chi connectivity index (χ3n) is 3.30. The predicted octanol–water partition coefficient (Wildman–Crippen LogP) is 0.923. The van der Waals surface area contributed by atoms with Crippen LogP contribution in [0.2, 0.25) is 0 Å². The molecule has 0 spiro atoms. The Balaban J connectivity index is 2.10. The molecule has 6 heteroatoms. The molecule has 1 aromatic heterocycles. The first-order chi connectivity index (χ1) is 9.11. The number of esters is 1. The number of anilines is 1. The van der Waals surface area contributed by atoms with Gasteiger partial charge in [0.05, 0.1) is 12.7 Å². The molecule has 2 N–H and O–H groups in total. The summed E-state index contributed by atoms with van der Waals surface area (Å²) < 4.78 is 10.5. The summed E-state index contributed by atoms with van der Waals surface area (Å²) in [6, 6.07) is 1.53. The number of nitrogens with zero attached hydrogens (tertiary/aromatic N) is 2. The number of hydrogen-bond acceptors (Lipinski definition) is 6. The third kappa shape index (κ3) is 3.14. The molecule has 1 aromatic rings. The van der Waals surface area contributed by atoms with Crippen LogP contribution in [0.1, 0.15) is 23.2 Å². The summed E-state index contributed by atoms with van der Waals surface area (Å²) in [5.74, 6) is -0.161. The lowest BCUT2D eigenvalue weighted by molar-refractivity contribution is 0.0600. The van der Waals surface area contributed by atoms with Gasteiger partial charge in [0.15, 0.2) is 0 Å². The fourth-order valence-corrected chi connectivity index (χ4v) is 2.10. The van der Waals surface area contributed by atoms with Crippen LogP contribution in [0.3, 0.4) is 0 Å². The zero-order chi connectivity index (χ0) is 13.8. The smallest absolute Gasteiger partial charge is 0.340 e. The Labute approximate surface area is 112 Å². The van der Waals surface area contributed by atoms with Crippen molar-refractivity contribution in [2.45, 2.75) is 18.9 Å². The van der Waals surface area contributed by atoms with Gasteiger partial charge < -0.3 is 20.1 Å². The molecular weight excluding hydrogens is 246 g/mol. The van der Waals surface area contributed by atoms with E-state index in [9.17, 15) is 4.79 Å². The fraction of sp³-hybridized carbons (Fsp3) is 0.538. The molecule has 0 atom stereocenters. The molecule has 0 saturated carbocycles. The minimum atomic E-state index is -0.479. The van der Waals surface area contributed by atoms with Gasteiger partial charge in [-0.25, -0.2) is 9.78 Å². The number of methoxy groups -OCH3 is 1. The van der Waals surface area contributed by atoms with E-state index in [0.29, 0.717) is 11.4 Å². The van der Waals surface area contributed by atoms with Crippen molar-refractivity contribution in [1.82, 2.24) is 9.88 Å². The molecule has 0 bridgehead atoms. The van der Waals surface area contributed by atoms with Crippen molar-refractivity contribution < 1.29 is 14.3 Å². The van der Waals surface area contributed by atoms with Gasteiger partial charge in [0.1, 0.15) is 11.8 Å². The Morgan fingerprint density at radius 2 is 2.16 bits per heavy atom. The first-order valence-electron chi connectivity index (χ1n) is 6.29. The highest BCUT2D eigenvalue weighted by atomic mass is 16.5. The molecule has 0 aromatic carbocycles. The Kier molecular flexibility index (Phi) is 4.21. The summed E-state index contributed by atoms with van der Waals surface area (Å²) in [5, 5.41) is 0. The minimum Gasteiger partial charge on any atom is -0.473 e. The van der Waals surface area contributed by atoms with Crippen molar-refractivity contribution >= 4 is 11.7 Å². The molecule has 2 rings (SSSR count). The second-order valence-corrected chi connectivity index (χ2v) is 4.69. The first-order valence-corrected chi connectivity index (χ1v) is 6.29. The van der Waals surface area contributed by atoms with E-state index in [2.05, 4.69) is 21.7 Å². The van der Waals surface area contributed by atoms with Crippen LogP contribution in [-0.4, -0.2) is 49.2 Å². The number of aromatic nitrogens is 1. The second kappa shape index (κ2) is 5.88. The van der Waals surface area contributed by atoms with E-state index >= 15 is 0 Å². The Bertz CT molecular complexity index is 456. The van der Waals surface area contributed by atoms with Crippen LogP contribution in [0.25, 0.3) is 0 Å². The van der Waals surface area contributed by atoms with Gasteiger partial charge in [-0.2, -0.15) is 0 Å². The summed E-state index contributed by atoms with van der Waals surface area (Å²) in [6.07, 6.45) is 3.46. The number of pyridine rings is 1. The molecule has 19 heavy (non-hydrogen) atoms. The zero-order valence-corrected chi connectivity index (χ0v) is 11.3. The van der Waals surface area contributed by atoms with Gasteiger partial charge in [-0.1, -0.05) is 0 Å². The Morgan fingerprint density at radius 1 is 1.47 bits per heavy atom. The average Bonchev–Trinajstić information content (AvgIpc) is 2.43. The van der Waals surface area contributed by atoms with Gasteiger partial charge in [-0.15, -0.1) is 0 Å². The van der Waals surface area contributed by atoms with Crippen LogP contribution in [0.15, 0.2) is 12.3 Å². The third-order valence-corrected chi connectivity index (χ3v) is 3.30. The molecule has 0 aliphatic carbocycles. The lowest BCUT2D eigenvalue weighted by atomic mass is 10.1. The van der Waals surface area contributed by atoms with Crippen LogP contribution in [0.4, 0.5) is 5.69 Å². The van der Waals surface area contributed by atoms with Gasteiger partial charge in [0, 0.05) is 19.3 Å². The molecule has 0 radical (unpaired) electrons. The van der Waals surface area contributed by atoms with Crippen molar-refractivity contribution in [1.29, 1.82) is 0 Å². The number of likely N-dealkylation sites (tertiary alicyclic amines) is 1. The first kappa shape index (κ1) is 13.6. The molecule has 6 nitrogen and oxygen atoms in total. The standard InChI is InChI=1S/C13H19N3O3/c1-16-7-4-9(5-8-16)19-12-11(14)10(3-6-15-12)13(17)18-2/h3,6,9H,4-5,7-8,14H2,1-2H3. The summed E-state index contributed by atoms with van der Waals surface area (Å²) in [6.45, 7) is 1.97. The van der Waals surface area contributed by atoms with Crippen molar-refractivity contribution in [3.63, 3.8) is 0 Å². The summed E-state index contributed by atoms with van der Waals surface area (Å²) >= 11 is 0. The highest BCUT2D eigenvalue weighted by Gasteiger charge is 2.21. The van der Waals surface area contributed by atoms with Crippen molar-refractivity contribution in [2.24, 2.45) is 0 Å². The van der Waals surface area contributed by atoms with E-state index in [-0.39, 0.29) is 11.8 Å². The highest BCUT2D eigenvalue weighted by Crippen LogP contribution is 2.25. The number of carbonyl (C=O) groups excluding carboxylic acids is 1. The molecule has 1 aliphatic rings. The average molecular weight is 265 g/mol. The number of carbonyl (C=O) groups is 1. The van der Waals surface area contributed by atoms with E-state index in [1.807, 2.05) is 0 Å². The zero-order valence-electron chi connectivity index (χ0n) is 11.3. The quantitative estimate of drug-likeness (QED) is 0.819. The van der Waals surface area contributed by atoms with Crippen LogP contribution < -0.4 is 10.5 Å². The van der Waals surface area contributed by atoms with Crippen LogP contribution in [0, 0.1) is 0 Å². The normalized spacial score (nSPS) is 17.2. The fourth-order valence-electron chi connectivity index (χ4n) is 2.10. The summed E-state index contributed by atoms with van der Waals surface area (Å²) in [5.41, 5.74) is 6.44. The van der Waals surface area contributed by atoms with Crippen molar-refractivity contribution in [3.05, 3.63) is 17.8 Å². The number of nitrogen functional groups attached to an aromatic ring is 1. The van der Waals surface area contributed by atoms with Crippen molar-refractivity contribution in [3.8, 4) is 5.88 Å². The molecule has 1 fully saturated rings. The van der Waals surface area contributed by atoms with Gasteiger partial charge in [0.2, 0.25) is 5.88 Å². The van der Waals surface area contributed by atoms with Crippen LogP contribution in [-0.2, 0) is 4.74 Å². The monoisotopic (exact) mass is 265 g/mol. The minimum absolute atomic E-state index is 0.0962. The number of rotatable bonds is 3. The van der Waals surface area contributed by atoms with E-state index in [0.717, 1.165) is 25.9 Å². The molecule has 2 heterocycles. The Morgan fingerprint density at radius 3 is 2.79 bits per heavy atom. The predicted molar refractivity (Wildman–Crippen MR) is 71.1 cm³/mol. The Hall–Kier alpha value is -1.82. The maximum absolute atomic E-state index is 11.5. The largest absolute Gasteiger partial charge is 0.473 e. The lowest BCUT2D eigenvalue weighted by Gasteiger charge is -2.29. The van der Waals surface area contributed by atoms with Gasteiger partial charge in [0.25, 0.3) is 0 Å². The van der Waals surface area contributed by atoms with Gasteiger partial charge in [-0.3, -0.25) is 0 Å². The number of piperidine rings is 1. The summed E-state index contributed by atoms with van der Waals surface area (Å²) in [4.78, 5) is 17.9. The topological polar surface area (TPSA) is 77.7 Å². The molecular formula is C13H19N3O3. The number of ether oxygens (including phenoxy) is 2. The van der Waals surface area contributed by atoms with Crippen LogP contribution in [0.5, 0.6) is 5.88 Å². The van der Waals surface area contributed by atoms with E-state index in [4.69, 9.17) is 10.5 Å². The molecule has 0 unspecified atom stereocenters. The lowest BCUT2D eigenvalue weighted by Crippen LogP contribution is -2.36. The van der Waals surface area contributed by atoms with Crippen LogP contribution >= 0.6 is 0 Å². The SMILES string of the molecule is COC(=O)c1ccnc(OC2CCN(C)CC2)c1N. The highest BCUT2D eigenvalue weighted by molar-refractivity contribution is 5.95. The molecule has 104 valence electrons. The van der Waals surface area contributed by atoms with Gasteiger partial charge >= 0.3 is 5.97 Å². The van der Waals surface area contributed by atoms with E-state index in [1.54, 1.807) is 0 Å². The van der Waals surface area contributed by atoms with E-state index < -0.39 is 5.97 Å². The van der Waals surface area contributed by atoms with Crippen molar-refractivity contribution in [2.75, 3.05) is 33.0 Å². The molecule has 1 saturated heterocycles.